The number of esters is 1. The van der Waals surface area contributed by atoms with Crippen LogP contribution >= 0.6 is 11.3 Å². The molecule has 0 fully saturated rings. The fourth-order valence-corrected chi connectivity index (χ4v) is 1.90. The van der Waals surface area contributed by atoms with Crippen LogP contribution < -0.4 is 5.73 Å². The molecule has 0 saturated heterocycles. The largest absolute Gasteiger partial charge is 0.465 e. The van der Waals surface area contributed by atoms with E-state index in [-0.39, 0.29) is 0 Å². The van der Waals surface area contributed by atoms with E-state index in [0.29, 0.717) is 11.3 Å². The molecule has 0 saturated carbocycles. The monoisotopic (exact) mass is 208 g/mol. The SMILES string of the molecule is COC(=O)c1cc2scnc2cc1N. The molecule has 2 N–H and O–H groups in total. The molecule has 2 aromatic rings. The average Bonchev–Trinajstić information content (AvgIpc) is 2.62. The van der Waals surface area contributed by atoms with Crippen LogP contribution in [0.4, 0.5) is 5.69 Å². The van der Waals surface area contributed by atoms with E-state index in [9.17, 15) is 4.79 Å². The second-order valence-corrected chi connectivity index (χ2v) is 3.64. The number of fused-ring (bicyclic) bond motifs is 1. The van der Waals surface area contributed by atoms with E-state index in [1.807, 2.05) is 0 Å². The number of aromatic nitrogens is 1. The Labute approximate surface area is 84.3 Å². The van der Waals surface area contributed by atoms with Crippen LogP contribution in [0.1, 0.15) is 10.4 Å². The molecule has 1 aromatic heterocycles. The summed E-state index contributed by atoms with van der Waals surface area (Å²) in [6.45, 7) is 0. The maximum Gasteiger partial charge on any atom is 0.340 e. The van der Waals surface area contributed by atoms with Crippen LogP contribution in [0.15, 0.2) is 17.6 Å². The number of nitrogen functional groups attached to an aromatic ring is 1. The highest BCUT2D eigenvalue weighted by molar-refractivity contribution is 7.16. The minimum absolute atomic E-state index is 0.393. The van der Waals surface area contributed by atoms with Crippen molar-refractivity contribution in [2.75, 3.05) is 12.8 Å². The predicted octanol–water partition coefficient (Wildman–Crippen LogP) is 1.67. The molecule has 0 aliphatic carbocycles. The van der Waals surface area contributed by atoms with Crippen molar-refractivity contribution < 1.29 is 9.53 Å². The van der Waals surface area contributed by atoms with E-state index < -0.39 is 5.97 Å². The van der Waals surface area contributed by atoms with Crippen LogP contribution in [0.2, 0.25) is 0 Å². The number of anilines is 1. The number of carbonyl (C=O) groups excluding carboxylic acids is 1. The standard InChI is InChI=1S/C9H8N2O2S/c1-13-9(12)5-2-8-7(3-6(5)10)11-4-14-8/h2-4H,10H2,1H3. The van der Waals surface area contributed by atoms with Gasteiger partial charge in [-0.15, -0.1) is 11.3 Å². The summed E-state index contributed by atoms with van der Waals surface area (Å²) in [5, 5.41) is 0. The van der Waals surface area contributed by atoms with Crippen LogP contribution in [-0.4, -0.2) is 18.1 Å². The van der Waals surface area contributed by atoms with E-state index in [1.165, 1.54) is 18.4 Å². The number of ether oxygens (including phenoxy) is 1. The number of carbonyl (C=O) groups is 1. The van der Waals surface area contributed by atoms with E-state index in [0.717, 1.165) is 10.2 Å². The van der Waals surface area contributed by atoms with Crippen molar-refractivity contribution in [2.24, 2.45) is 0 Å². The zero-order chi connectivity index (χ0) is 10.1. The van der Waals surface area contributed by atoms with Crippen molar-refractivity contribution in [3.63, 3.8) is 0 Å². The van der Waals surface area contributed by atoms with E-state index >= 15 is 0 Å². The molecule has 0 amide bonds. The van der Waals surface area contributed by atoms with Crippen molar-refractivity contribution in [3.05, 3.63) is 23.2 Å². The van der Waals surface area contributed by atoms with Gasteiger partial charge in [0.15, 0.2) is 0 Å². The van der Waals surface area contributed by atoms with Gasteiger partial charge in [0.25, 0.3) is 0 Å². The molecule has 1 aromatic carbocycles. The van der Waals surface area contributed by atoms with Gasteiger partial charge in [-0.05, 0) is 12.1 Å². The van der Waals surface area contributed by atoms with E-state index in [1.54, 1.807) is 17.6 Å². The number of methoxy groups -OCH3 is 1. The molecule has 0 aliphatic rings. The van der Waals surface area contributed by atoms with Gasteiger partial charge in [-0.25, -0.2) is 9.78 Å². The summed E-state index contributed by atoms with van der Waals surface area (Å²) in [7, 11) is 1.33. The van der Waals surface area contributed by atoms with Crippen LogP contribution in [0.25, 0.3) is 10.2 Å². The summed E-state index contributed by atoms with van der Waals surface area (Å²) in [5.74, 6) is -0.419. The number of hydrogen-bond acceptors (Lipinski definition) is 5. The molecule has 1 heterocycles. The summed E-state index contributed by atoms with van der Waals surface area (Å²) in [6, 6.07) is 3.38. The first-order valence-electron chi connectivity index (χ1n) is 3.93. The first kappa shape index (κ1) is 8.96. The molecule has 0 bridgehead atoms. The van der Waals surface area contributed by atoms with Gasteiger partial charge in [0, 0.05) is 5.69 Å². The minimum atomic E-state index is -0.419. The van der Waals surface area contributed by atoms with Crippen molar-refractivity contribution in [2.45, 2.75) is 0 Å². The molecular weight excluding hydrogens is 200 g/mol. The van der Waals surface area contributed by atoms with Crippen molar-refractivity contribution in [1.82, 2.24) is 4.98 Å². The Morgan fingerprint density at radius 2 is 2.36 bits per heavy atom. The summed E-state index contributed by atoms with van der Waals surface area (Å²) >= 11 is 1.46. The average molecular weight is 208 g/mol. The molecule has 0 radical (unpaired) electrons. The zero-order valence-electron chi connectivity index (χ0n) is 7.48. The Morgan fingerprint density at radius 1 is 1.57 bits per heavy atom. The Hall–Kier alpha value is -1.62. The van der Waals surface area contributed by atoms with Gasteiger partial charge in [-0.2, -0.15) is 0 Å². The van der Waals surface area contributed by atoms with Crippen LogP contribution in [-0.2, 0) is 4.74 Å². The van der Waals surface area contributed by atoms with E-state index in [2.05, 4.69) is 9.72 Å². The van der Waals surface area contributed by atoms with E-state index in [4.69, 9.17) is 5.73 Å². The Bertz CT molecular complexity index is 493. The summed E-state index contributed by atoms with van der Waals surface area (Å²) in [5.41, 5.74) is 9.00. The lowest BCUT2D eigenvalue weighted by Crippen LogP contribution is -2.05. The molecule has 14 heavy (non-hydrogen) atoms. The van der Waals surface area contributed by atoms with Gasteiger partial charge in [0.2, 0.25) is 0 Å². The third kappa shape index (κ3) is 1.31. The summed E-state index contributed by atoms with van der Waals surface area (Å²) in [4.78, 5) is 15.4. The highest BCUT2D eigenvalue weighted by Gasteiger charge is 2.11. The smallest absolute Gasteiger partial charge is 0.340 e. The maximum absolute atomic E-state index is 11.3. The van der Waals surface area contributed by atoms with Crippen LogP contribution in [0.3, 0.4) is 0 Å². The second-order valence-electron chi connectivity index (χ2n) is 2.75. The second kappa shape index (κ2) is 3.26. The number of nitrogens with zero attached hydrogens (tertiary/aromatic N) is 1. The van der Waals surface area contributed by atoms with Gasteiger partial charge in [-0.3, -0.25) is 0 Å². The fraction of sp³-hybridized carbons (Fsp3) is 0.111. The molecule has 72 valence electrons. The third-order valence-electron chi connectivity index (χ3n) is 1.91. The highest BCUT2D eigenvalue weighted by atomic mass is 32.1. The number of rotatable bonds is 1. The number of nitrogens with two attached hydrogens (primary N) is 1. The lowest BCUT2D eigenvalue weighted by molar-refractivity contribution is 0.0602. The van der Waals surface area contributed by atoms with Gasteiger partial charge < -0.3 is 10.5 Å². The van der Waals surface area contributed by atoms with Gasteiger partial charge in [0.1, 0.15) is 0 Å². The molecule has 0 aliphatic heterocycles. The van der Waals surface area contributed by atoms with Gasteiger partial charge in [0.05, 0.1) is 28.4 Å². The molecular formula is C9H8N2O2S. The molecule has 4 nitrogen and oxygen atoms in total. The molecule has 5 heteroatoms. The topological polar surface area (TPSA) is 65.2 Å². The molecule has 0 unspecified atom stereocenters. The quantitative estimate of drug-likeness (QED) is 0.571. The lowest BCUT2D eigenvalue weighted by Gasteiger charge is -2.02. The number of benzene rings is 1. The van der Waals surface area contributed by atoms with Gasteiger partial charge in [-0.1, -0.05) is 0 Å². The zero-order valence-corrected chi connectivity index (χ0v) is 8.30. The minimum Gasteiger partial charge on any atom is -0.465 e. The molecule has 0 atom stereocenters. The number of thiazole rings is 1. The first-order chi connectivity index (χ1) is 6.72. The third-order valence-corrected chi connectivity index (χ3v) is 2.70. The highest BCUT2D eigenvalue weighted by Crippen LogP contribution is 2.24. The predicted molar refractivity (Wildman–Crippen MR) is 55.4 cm³/mol. The molecule has 0 spiro atoms. The Balaban J connectivity index is 2.64. The lowest BCUT2D eigenvalue weighted by atomic mass is 10.2. The molecule has 2 rings (SSSR count). The van der Waals surface area contributed by atoms with Gasteiger partial charge >= 0.3 is 5.97 Å². The fourth-order valence-electron chi connectivity index (χ4n) is 1.21. The van der Waals surface area contributed by atoms with Crippen molar-refractivity contribution in [1.29, 1.82) is 0 Å². The maximum atomic E-state index is 11.3. The summed E-state index contributed by atoms with van der Waals surface area (Å²) < 4.78 is 5.54. The number of hydrogen-bond donors (Lipinski definition) is 1. The van der Waals surface area contributed by atoms with Crippen molar-refractivity contribution in [3.8, 4) is 0 Å². The Kier molecular flexibility index (Phi) is 2.09. The van der Waals surface area contributed by atoms with Crippen LogP contribution in [0.5, 0.6) is 0 Å². The normalized spacial score (nSPS) is 10.4. The van der Waals surface area contributed by atoms with Crippen molar-refractivity contribution >= 4 is 33.2 Å². The summed E-state index contributed by atoms with van der Waals surface area (Å²) in [6.07, 6.45) is 0. The first-order valence-corrected chi connectivity index (χ1v) is 4.81. The van der Waals surface area contributed by atoms with Crippen LogP contribution in [0, 0.1) is 0 Å². The Morgan fingerprint density at radius 3 is 3.07 bits per heavy atom.